The molecule has 5 nitrogen and oxygen atoms in total. The molecule has 3 rings (SSSR count). The van der Waals surface area contributed by atoms with Crippen molar-refractivity contribution in [3.8, 4) is 5.88 Å². The largest absolute Gasteiger partial charge is 0.473 e. The van der Waals surface area contributed by atoms with Crippen LogP contribution in [0, 0.1) is 11.2 Å². The predicted octanol–water partition coefficient (Wildman–Crippen LogP) is 4.33. The van der Waals surface area contributed by atoms with Crippen LogP contribution in [0.5, 0.6) is 5.88 Å². The molecule has 156 valence electrons. The van der Waals surface area contributed by atoms with Crippen LogP contribution in [0.25, 0.3) is 0 Å². The minimum Gasteiger partial charge on any atom is -0.473 e. The SMILES string of the molecule is O=C(NCCC1(C(F)(F)F)CC1)NCc1ccnc(OCc2ccccc2F)c1. The smallest absolute Gasteiger partial charge is 0.394 e. The number of carbonyl (C=O) groups excluding carboxylic acids is 1. The van der Waals surface area contributed by atoms with Gasteiger partial charge in [-0.2, -0.15) is 13.2 Å². The fraction of sp³-hybridized carbons (Fsp3) is 0.400. The Hall–Kier alpha value is -2.84. The van der Waals surface area contributed by atoms with E-state index in [0.29, 0.717) is 11.1 Å². The van der Waals surface area contributed by atoms with E-state index < -0.39 is 17.6 Å². The Labute approximate surface area is 165 Å². The van der Waals surface area contributed by atoms with Crippen LogP contribution in [0.4, 0.5) is 22.4 Å². The summed E-state index contributed by atoms with van der Waals surface area (Å²) in [5, 5.41) is 5.03. The maximum atomic E-state index is 13.6. The number of benzene rings is 1. The number of carbonyl (C=O) groups is 1. The number of pyridine rings is 1. The van der Waals surface area contributed by atoms with Gasteiger partial charge in [-0.3, -0.25) is 0 Å². The number of aromatic nitrogens is 1. The van der Waals surface area contributed by atoms with Crippen molar-refractivity contribution in [2.24, 2.45) is 5.41 Å². The topological polar surface area (TPSA) is 63.2 Å². The lowest BCUT2D eigenvalue weighted by Crippen LogP contribution is -2.37. The van der Waals surface area contributed by atoms with Gasteiger partial charge in [-0.15, -0.1) is 0 Å². The lowest BCUT2D eigenvalue weighted by Gasteiger charge is -2.19. The predicted molar refractivity (Wildman–Crippen MR) is 97.5 cm³/mol. The molecule has 0 aliphatic heterocycles. The second-order valence-electron chi connectivity index (χ2n) is 7.02. The van der Waals surface area contributed by atoms with Crippen molar-refractivity contribution in [1.82, 2.24) is 15.6 Å². The fourth-order valence-corrected chi connectivity index (χ4v) is 2.89. The molecule has 1 aromatic heterocycles. The molecule has 0 spiro atoms. The third kappa shape index (κ3) is 5.58. The molecule has 1 fully saturated rings. The molecule has 1 aliphatic rings. The van der Waals surface area contributed by atoms with Gasteiger partial charge < -0.3 is 15.4 Å². The molecule has 0 atom stereocenters. The number of hydrogen-bond acceptors (Lipinski definition) is 3. The molecular formula is C20H21F4N3O2. The molecule has 1 aliphatic carbocycles. The lowest BCUT2D eigenvalue weighted by atomic mass is 10.0. The Morgan fingerprint density at radius 3 is 2.62 bits per heavy atom. The van der Waals surface area contributed by atoms with Gasteiger partial charge in [0.25, 0.3) is 0 Å². The summed E-state index contributed by atoms with van der Waals surface area (Å²) in [6.45, 7) is 0.117. The van der Waals surface area contributed by atoms with Gasteiger partial charge in [0.05, 0.1) is 5.41 Å². The molecule has 0 unspecified atom stereocenters. The normalized spacial score (nSPS) is 14.9. The standard InChI is InChI=1S/C20H21F4N3O2/c21-16-4-2-1-3-15(16)13-29-17-11-14(5-9-25-17)12-27-18(28)26-10-8-19(6-7-19)20(22,23)24/h1-5,9,11H,6-8,10,12-13H2,(H2,26,27,28). The van der Waals surface area contributed by atoms with E-state index in [-0.39, 0.29) is 50.7 Å². The van der Waals surface area contributed by atoms with Crippen LogP contribution in [-0.2, 0) is 13.2 Å². The van der Waals surface area contributed by atoms with Gasteiger partial charge in [0, 0.05) is 30.9 Å². The summed E-state index contributed by atoms with van der Waals surface area (Å²) in [5.74, 6) is -0.102. The van der Waals surface area contributed by atoms with Gasteiger partial charge >= 0.3 is 12.2 Å². The van der Waals surface area contributed by atoms with Gasteiger partial charge in [-0.05, 0) is 37.0 Å². The molecule has 1 aromatic carbocycles. The molecule has 2 aromatic rings. The number of nitrogens with zero attached hydrogens (tertiary/aromatic N) is 1. The van der Waals surface area contributed by atoms with Crippen molar-refractivity contribution in [2.75, 3.05) is 6.54 Å². The van der Waals surface area contributed by atoms with E-state index in [1.165, 1.54) is 12.3 Å². The number of urea groups is 1. The molecule has 1 heterocycles. The van der Waals surface area contributed by atoms with Crippen LogP contribution in [-0.4, -0.2) is 23.7 Å². The number of rotatable bonds is 8. The van der Waals surface area contributed by atoms with Crippen molar-refractivity contribution in [3.05, 3.63) is 59.5 Å². The summed E-state index contributed by atoms with van der Waals surface area (Å²) >= 11 is 0. The summed E-state index contributed by atoms with van der Waals surface area (Å²) in [7, 11) is 0. The first-order chi connectivity index (χ1) is 13.8. The van der Waals surface area contributed by atoms with Crippen LogP contribution in [0.3, 0.4) is 0 Å². The van der Waals surface area contributed by atoms with Crippen LogP contribution < -0.4 is 15.4 Å². The third-order valence-electron chi connectivity index (χ3n) is 4.93. The zero-order valence-electron chi connectivity index (χ0n) is 15.6. The summed E-state index contributed by atoms with van der Waals surface area (Å²) in [6.07, 6.45) is -2.61. The summed E-state index contributed by atoms with van der Waals surface area (Å²) in [5.41, 5.74) is -0.548. The van der Waals surface area contributed by atoms with Gasteiger partial charge in [-0.25, -0.2) is 14.2 Å². The van der Waals surface area contributed by atoms with Crippen LogP contribution in [0.15, 0.2) is 42.6 Å². The van der Waals surface area contributed by atoms with E-state index in [2.05, 4.69) is 15.6 Å². The molecule has 9 heteroatoms. The number of alkyl halides is 3. The zero-order valence-corrected chi connectivity index (χ0v) is 15.6. The number of halogens is 4. The van der Waals surface area contributed by atoms with E-state index in [1.807, 2.05) is 0 Å². The third-order valence-corrected chi connectivity index (χ3v) is 4.93. The highest BCUT2D eigenvalue weighted by Crippen LogP contribution is 2.59. The summed E-state index contributed by atoms with van der Waals surface area (Å²) in [6, 6.07) is 8.95. The van der Waals surface area contributed by atoms with Crippen molar-refractivity contribution >= 4 is 6.03 Å². The van der Waals surface area contributed by atoms with Gasteiger partial charge in [0.15, 0.2) is 0 Å². The van der Waals surface area contributed by atoms with Gasteiger partial charge in [0.1, 0.15) is 12.4 Å². The van der Waals surface area contributed by atoms with Crippen molar-refractivity contribution in [3.63, 3.8) is 0 Å². The Bertz CT molecular complexity index is 854. The molecule has 29 heavy (non-hydrogen) atoms. The number of nitrogens with one attached hydrogen (secondary N) is 2. The van der Waals surface area contributed by atoms with E-state index in [9.17, 15) is 22.4 Å². The van der Waals surface area contributed by atoms with Crippen LogP contribution in [0.2, 0.25) is 0 Å². The Morgan fingerprint density at radius 1 is 1.17 bits per heavy atom. The van der Waals surface area contributed by atoms with E-state index in [1.54, 1.807) is 30.3 Å². The first-order valence-corrected chi connectivity index (χ1v) is 9.19. The van der Waals surface area contributed by atoms with Gasteiger partial charge in [-0.1, -0.05) is 18.2 Å². The summed E-state index contributed by atoms with van der Waals surface area (Å²) < 4.78 is 57.6. The van der Waals surface area contributed by atoms with Crippen molar-refractivity contribution < 1.29 is 27.1 Å². The second-order valence-corrected chi connectivity index (χ2v) is 7.02. The quantitative estimate of drug-likeness (QED) is 0.636. The first-order valence-electron chi connectivity index (χ1n) is 9.19. The maximum Gasteiger partial charge on any atom is 0.394 e. The minimum atomic E-state index is -4.22. The number of hydrogen-bond donors (Lipinski definition) is 2. The molecule has 2 N–H and O–H groups in total. The molecule has 0 radical (unpaired) electrons. The molecule has 0 saturated heterocycles. The highest BCUT2D eigenvalue weighted by Gasteiger charge is 2.62. The lowest BCUT2D eigenvalue weighted by molar-refractivity contribution is -0.188. The van der Waals surface area contributed by atoms with E-state index in [4.69, 9.17) is 4.74 Å². The summed E-state index contributed by atoms with van der Waals surface area (Å²) in [4.78, 5) is 15.9. The molecule has 1 saturated carbocycles. The van der Waals surface area contributed by atoms with Crippen LogP contribution >= 0.6 is 0 Å². The van der Waals surface area contributed by atoms with E-state index in [0.717, 1.165) is 0 Å². The fourth-order valence-electron chi connectivity index (χ4n) is 2.89. The van der Waals surface area contributed by atoms with Crippen molar-refractivity contribution in [1.29, 1.82) is 0 Å². The Kier molecular flexibility index (Phi) is 6.24. The van der Waals surface area contributed by atoms with E-state index >= 15 is 0 Å². The molecular weight excluding hydrogens is 390 g/mol. The Morgan fingerprint density at radius 2 is 1.93 bits per heavy atom. The Balaban J connectivity index is 1.42. The zero-order chi connectivity index (χ0) is 20.9. The monoisotopic (exact) mass is 411 g/mol. The van der Waals surface area contributed by atoms with Gasteiger partial charge in [0.2, 0.25) is 5.88 Å². The number of ether oxygens (including phenoxy) is 1. The van der Waals surface area contributed by atoms with Crippen molar-refractivity contribution in [2.45, 2.75) is 38.6 Å². The second kappa shape index (κ2) is 8.67. The molecule has 0 bridgehead atoms. The highest BCUT2D eigenvalue weighted by molar-refractivity contribution is 5.73. The maximum absolute atomic E-state index is 13.6. The number of amides is 2. The average molecular weight is 411 g/mol. The minimum absolute atomic E-state index is 0.0119. The highest BCUT2D eigenvalue weighted by atomic mass is 19.4. The average Bonchev–Trinajstić information content (AvgIpc) is 3.47. The van der Waals surface area contributed by atoms with Crippen LogP contribution in [0.1, 0.15) is 30.4 Å². The first kappa shape index (κ1) is 20.9. The molecule has 2 amide bonds.